The third-order valence-electron chi connectivity index (χ3n) is 8.45. The largest absolute Gasteiger partial charge is 0.393 e. The van der Waals surface area contributed by atoms with Crippen LogP contribution in [0.2, 0.25) is 0 Å². The van der Waals surface area contributed by atoms with Crippen LogP contribution in [0.1, 0.15) is 65.7 Å². The van der Waals surface area contributed by atoms with E-state index in [1.165, 1.54) is 11.1 Å². The van der Waals surface area contributed by atoms with Crippen molar-refractivity contribution in [1.82, 2.24) is 0 Å². The van der Waals surface area contributed by atoms with E-state index in [1.807, 2.05) is 0 Å². The molecule has 3 saturated carbocycles. The topological polar surface area (TPSA) is 60.7 Å². The fourth-order valence-corrected chi connectivity index (χ4v) is 6.72. The second kappa shape index (κ2) is 5.18. The standard InChI is InChI=1S/C21H32O3/c1-13(22)21(24)11-8-18-16-5-4-14-12-15(23)6-9-19(14,2)17(16)7-10-20(18,21)3/h4-5,13,15,17-18,22-24H,6-12H2,1-3H3/t13?,15-,17+,18-,19+,20-,21-/m0/s1. The van der Waals surface area contributed by atoms with Gasteiger partial charge in [0.1, 0.15) is 0 Å². The predicted octanol–water partition coefficient (Wildman–Crippen LogP) is 3.34. The van der Waals surface area contributed by atoms with Gasteiger partial charge in [-0.3, -0.25) is 0 Å². The first-order valence-corrected chi connectivity index (χ1v) is 9.72. The van der Waals surface area contributed by atoms with Gasteiger partial charge in [-0.1, -0.05) is 37.1 Å². The molecule has 4 aliphatic rings. The normalized spacial score (nSPS) is 51.8. The van der Waals surface area contributed by atoms with Crippen molar-refractivity contribution in [2.45, 2.75) is 83.5 Å². The minimum Gasteiger partial charge on any atom is -0.393 e. The molecule has 24 heavy (non-hydrogen) atoms. The van der Waals surface area contributed by atoms with E-state index in [0.717, 1.165) is 38.5 Å². The molecule has 0 spiro atoms. The van der Waals surface area contributed by atoms with Gasteiger partial charge in [-0.15, -0.1) is 0 Å². The van der Waals surface area contributed by atoms with Gasteiger partial charge in [-0.25, -0.2) is 0 Å². The summed E-state index contributed by atoms with van der Waals surface area (Å²) in [5.41, 5.74) is 1.91. The Hall–Kier alpha value is -0.640. The fraction of sp³-hybridized carbons (Fsp3) is 0.810. The zero-order chi connectivity index (χ0) is 17.3. The molecule has 3 nitrogen and oxygen atoms in total. The quantitative estimate of drug-likeness (QED) is 0.690. The fourth-order valence-electron chi connectivity index (χ4n) is 6.72. The maximum Gasteiger partial charge on any atom is 0.0961 e. The van der Waals surface area contributed by atoms with Crippen molar-refractivity contribution in [2.75, 3.05) is 0 Å². The van der Waals surface area contributed by atoms with Gasteiger partial charge in [-0.05, 0) is 69.1 Å². The molecule has 4 rings (SSSR count). The van der Waals surface area contributed by atoms with Crippen molar-refractivity contribution in [3.8, 4) is 0 Å². The first-order valence-electron chi connectivity index (χ1n) is 9.72. The SMILES string of the molecule is CC(O)[C@@]1(O)CC[C@H]2C3=CC=C4C[C@@H](O)CC[C@@]4(C)[C@@H]3CC[C@@]21C. The summed E-state index contributed by atoms with van der Waals surface area (Å²) >= 11 is 0. The first-order chi connectivity index (χ1) is 11.2. The van der Waals surface area contributed by atoms with E-state index < -0.39 is 11.7 Å². The van der Waals surface area contributed by atoms with E-state index in [-0.39, 0.29) is 16.9 Å². The Morgan fingerprint density at radius 1 is 1.04 bits per heavy atom. The zero-order valence-corrected chi connectivity index (χ0v) is 15.3. The molecule has 7 atom stereocenters. The summed E-state index contributed by atoms with van der Waals surface area (Å²) in [7, 11) is 0. The van der Waals surface area contributed by atoms with Crippen molar-refractivity contribution >= 4 is 0 Å². The summed E-state index contributed by atoms with van der Waals surface area (Å²) in [6, 6.07) is 0. The lowest BCUT2D eigenvalue weighted by Gasteiger charge is -2.56. The molecule has 3 heteroatoms. The third-order valence-corrected chi connectivity index (χ3v) is 8.45. The molecule has 0 bridgehead atoms. The van der Waals surface area contributed by atoms with Crippen LogP contribution in [0, 0.1) is 22.7 Å². The highest BCUT2D eigenvalue weighted by Crippen LogP contribution is 2.66. The molecular weight excluding hydrogens is 300 g/mol. The van der Waals surface area contributed by atoms with E-state index in [9.17, 15) is 15.3 Å². The van der Waals surface area contributed by atoms with E-state index in [4.69, 9.17) is 0 Å². The van der Waals surface area contributed by atoms with Crippen LogP contribution in [0.15, 0.2) is 23.3 Å². The maximum atomic E-state index is 11.2. The van der Waals surface area contributed by atoms with Gasteiger partial charge >= 0.3 is 0 Å². The summed E-state index contributed by atoms with van der Waals surface area (Å²) in [5.74, 6) is 0.914. The van der Waals surface area contributed by atoms with Gasteiger partial charge in [0.2, 0.25) is 0 Å². The van der Waals surface area contributed by atoms with Crippen LogP contribution in [-0.4, -0.2) is 33.1 Å². The highest BCUT2D eigenvalue weighted by atomic mass is 16.3. The monoisotopic (exact) mass is 332 g/mol. The Bertz CT molecular complexity index is 606. The van der Waals surface area contributed by atoms with Gasteiger partial charge < -0.3 is 15.3 Å². The Morgan fingerprint density at radius 3 is 2.46 bits per heavy atom. The van der Waals surface area contributed by atoms with Crippen LogP contribution in [0.25, 0.3) is 0 Å². The first kappa shape index (κ1) is 16.8. The lowest BCUT2D eigenvalue weighted by Crippen LogP contribution is -2.56. The molecule has 0 aromatic heterocycles. The smallest absolute Gasteiger partial charge is 0.0961 e. The van der Waals surface area contributed by atoms with Gasteiger partial charge in [0.25, 0.3) is 0 Å². The Kier molecular flexibility index (Phi) is 3.63. The third kappa shape index (κ3) is 1.95. The van der Waals surface area contributed by atoms with Crippen molar-refractivity contribution in [3.63, 3.8) is 0 Å². The molecule has 0 aliphatic heterocycles. The van der Waals surface area contributed by atoms with Crippen molar-refractivity contribution in [1.29, 1.82) is 0 Å². The average molecular weight is 332 g/mol. The second-order valence-electron chi connectivity index (χ2n) is 9.37. The predicted molar refractivity (Wildman–Crippen MR) is 94.3 cm³/mol. The second-order valence-corrected chi connectivity index (χ2v) is 9.37. The minimum absolute atomic E-state index is 0.177. The molecule has 134 valence electrons. The lowest BCUT2D eigenvalue weighted by molar-refractivity contribution is -0.148. The Balaban J connectivity index is 1.74. The van der Waals surface area contributed by atoms with E-state index >= 15 is 0 Å². The van der Waals surface area contributed by atoms with Gasteiger partial charge in [0, 0.05) is 5.41 Å². The summed E-state index contributed by atoms with van der Waals surface area (Å²) in [6.45, 7) is 6.33. The molecule has 0 heterocycles. The minimum atomic E-state index is -0.961. The molecular formula is C21H32O3. The molecule has 3 N–H and O–H groups in total. The van der Waals surface area contributed by atoms with Gasteiger partial charge in [0.05, 0.1) is 17.8 Å². The molecule has 0 aromatic rings. The Labute approximate surface area is 145 Å². The highest BCUT2D eigenvalue weighted by molar-refractivity contribution is 5.39. The number of aliphatic hydroxyl groups excluding tert-OH is 2. The van der Waals surface area contributed by atoms with Crippen molar-refractivity contribution in [2.24, 2.45) is 22.7 Å². The van der Waals surface area contributed by atoms with Crippen molar-refractivity contribution < 1.29 is 15.3 Å². The van der Waals surface area contributed by atoms with E-state index in [1.54, 1.807) is 6.92 Å². The molecule has 4 aliphatic carbocycles. The number of aliphatic hydroxyl groups is 3. The van der Waals surface area contributed by atoms with Crippen LogP contribution in [-0.2, 0) is 0 Å². The molecule has 0 radical (unpaired) electrons. The van der Waals surface area contributed by atoms with Crippen LogP contribution in [0.3, 0.4) is 0 Å². The zero-order valence-electron chi connectivity index (χ0n) is 15.3. The number of hydrogen-bond donors (Lipinski definition) is 3. The van der Waals surface area contributed by atoms with Gasteiger partial charge in [0.15, 0.2) is 0 Å². The number of allylic oxidation sites excluding steroid dienone is 3. The number of fused-ring (bicyclic) bond motifs is 5. The summed E-state index contributed by atoms with van der Waals surface area (Å²) < 4.78 is 0. The van der Waals surface area contributed by atoms with Crippen LogP contribution < -0.4 is 0 Å². The average Bonchev–Trinajstić information content (AvgIpc) is 2.81. The van der Waals surface area contributed by atoms with Crippen molar-refractivity contribution in [3.05, 3.63) is 23.3 Å². The molecule has 3 fully saturated rings. The summed E-state index contributed by atoms with van der Waals surface area (Å²) in [5, 5.41) is 31.5. The Morgan fingerprint density at radius 2 is 1.75 bits per heavy atom. The molecule has 0 saturated heterocycles. The molecule has 0 aromatic carbocycles. The number of rotatable bonds is 1. The number of hydrogen-bond acceptors (Lipinski definition) is 3. The van der Waals surface area contributed by atoms with Gasteiger partial charge in [-0.2, -0.15) is 0 Å². The van der Waals surface area contributed by atoms with Crippen LogP contribution in [0.4, 0.5) is 0 Å². The summed E-state index contributed by atoms with van der Waals surface area (Å²) in [4.78, 5) is 0. The summed E-state index contributed by atoms with van der Waals surface area (Å²) in [6.07, 6.45) is 10.2. The van der Waals surface area contributed by atoms with Crippen LogP contribution in [0.5, 0.6) is 0 Å². The molecule has 1 unspecified atom stereocenters. The van der Waals surface area contributed by atoms with Crippen LogP contribution >= 0.6 is 0 Å². The lowest BCUT2D eigenvalue weighted by atomic mass is 9.49. The van der Waals surface area contributed by atoms with E-state index in [2.05, 4.69) is 26.0 Å². The molecule has 0 amide bonds. The van der Waals surface area contributed by atoms with E-state index in [0.29, 0.717) is 18.3 Å². The maximum absolute atomic E-state index is 11.2. The highest BCUT2D eigenvalue weighted by Gasteiger charge is 2.63.